The lowest BCUT2D eigenvalue weighted by Crippen LogP contribution is -2.16. The second-order valence-electron chi connectivity index (χ2n) is 4.12. The molecule has 90 valence electrons. The summed E-state index contributed by atoms with van der Waals surface area (Å²) in [5.74, 6) is 0. The van der Waals surface area contributed by atoms with E-state index in [-0.39, 0.29) is 6.10 Å². The Bertz CT molecular complexity index is 323. The number of hydrogen-bond acceptors (Lipinski definition) is 1. The fraction of sp³-hybridized carbons (Fsp3) is 0.538. The Morgan fingerprint density at radius 3 is 2.00 bits per heavy atom. The molecule has 0 heterocycles. The summed E-state index contributed by atoms with van der Waals surface area (Å²) in [7, 11) is 0. The van der Waals surface area contributed by atoms with Crippen molar-refractivity contribution in [3.8, 4) is 0 Å². The highest BCUT2D eigenvalue weighted by molar-refractivity contribution is 9.09. The smallest absolute Gasteiger partial charge is 0.0773 e. The number of aryl methyl sites for hydroxylation is 3. The van der Waals surface area contributed by atoms with E-state index < -0.39 is 0 Å². The van der Waals surface area contributed by atoms with Gasteiger partial charge in [0.1, 0.15) is 0 Å². The van der Waals surface area contributed by atoms with Crippen molar-refractivity contribution in [1.82, 2.24) is 0 Å². The summed E-state index contributed by atoms with van der Waals surface area (Å²) < 4.78 is 5.83. The van der Waals surface area contributed by atoms with Crippen molar-refractivity contribution in [2.24, 2.45) is 0 Å². The molecular formula is C13H18Br2O. The van der Waals surface area contributed by atoms with Gasteiger partial charge in [0.15, 0.2) is 0 Å². The third-order valence-corrected chi connectivity index (χ3v) is 4.09. The maximum atomic E-state index is 5.83. The molecule has 0 unspecified atom stereocenters. The molecule has 3 heteroatoms. The number of halogens is 2. The van der Waals surface area contributed by atoms with Gasteiger partial charge in [0.2, 0.25) is 0 Å². The Hall–Kier alpha value is 0.140. The standard InChI is InChI=1S/C13H18Br2O/c1-9-4-10(2)13(11(3)5-9)8-16-12(6-14)7-15/h4-5,12H,6-8H2,1-3H3. The molecule has 0 aromatic heterocycles. The molecule has 0 aliphatic rings. The summed E-state index contributed by atoms with van der Waals surface area (Å²) in [5, 5.41) is 1.73. The average molecular weight is 350 g/mol. The van der Waals surface area contributed by atoms with Crippen molar-refractivity contribution in [3.63, 3.8) is 0 Å². The molecule has 0 spiro atoms. The number of alkyl halides is 2. The van der Waals surface area contributed by atoms with E-state index in [0.717, 1.165) is 10.7 Å². The molecule has 0 atom stereocenters. The summed E-state index contributed by atoms with van der Waals surface area (Å²) >= 11 is 6.89. The molecule has 0 radical (unpaired) electrons. The zero-order valence-corrected chi connectivity index (χ0v) is 13.2. The van der Waals surface area contributed by atoms with Crippen LogP contribution in [0.4, 0.5) is 0 Å². The first kappa shape index (κ1) is 14.2. The monoisotopic (exact) mass is 348 g/mol. The van der Waals surface area contributed by atoms with Gasteiger partial charge in [-0.25, -0.2) is 0 Å². The fourth-order valence-corrected chi connectivity index (χ4v) is 3.22. The van der Waals surface area contributed by atoms with Gasteiger partial charge in [0, 0.05) is 10.7 Å². The zero-order chi connectivity index (χ0) is 12.1. The topological polar surface area (TPSA) is 9.23 Å². The van der Waals surface area contributed by atoms with E-state index in [9.17, 15) is 0 Å². The van der Waals surface area contributed by atoms with E-state index in [0.29, 0.717) is 6.61 Å². The van der Waals surface area contributed by atoms with E-state index >= 15 is 0 Å². The summed E-state index contributed by atoms with van der Waals surface area (Å²) in [4.78, 5) is 0. The minimum absolute atomic E-state index is 0.236. The van der Waals surface area contributed by atoms with Crippen molar-refractivity contribution in [3.05, 3.63) is 34.4 Å². The van der Waals surface area contributed by atoms with Gasteiger partial charge in [0.05, 0.1) is 12.7 Å². The van der Waals surface area contributed by atoms with Crippen LogP contribution in [-0.4, -0.2) is 16.8 Å². The van der Waals surface area contributed by atoms with Crippen molar-refractivity contribution in [1.29, 1.82) is 0 Å². The van der Waals surface area contributed by atoms with Gasteiger partial charge in [0.25, 0.3) is 0 Å². The molecule has 1 aromatic carbocycles. The molecule has 0 saturated carbocycles. The minimum Gasteiger partial charge on any atom is -0.372 e. The molecule has 1 rings (SSSR count). The Labute approximate surface area is 115 Å². The minimum atomic E-state index is 0.236. The molecule has 1 nitrogen and oxygen atoms in total. The van der Waals surface area contributed by atoms with Crippen LogP contribution in [0.2, 0.25) is 0 Å². The van der Waals surface area contributed by atoms with Crippen LogP contribution in [0, 0.1) is 20.8 Å². The maximum absolute atomic E-state index is 5.83. The third-order valence-electron chi connectivity index (χ3n) is 2.65. The second kappa shape index (κ2) is 6.77. The van der Waals surface area contributed by atoms with Gasteiger partial charge in [-0.2, -0.15) is 0 Å². The predicted octanol–water partition coefficient (Wildman–Crippen LogP) is 4.29. The molecule has 0 aliphatic carbocycles. The lowest BCUT2D eigenvalue weighted by Gasteiger charge is -2.16. The van der Waals surface area contributed by atoms with Crippen molar-refractivity contribution in [2.45, 2.75) is 33.5 Å². The first-order valence-electron chi connectivity index (χ1n) is 5.38. The van der Waals surface area contributed by atoms with Crippen LogP contribution >= 0.6 is 31.9 Å². The number of ether oxygens (including phenoxy) is 1. The second-order valence-corrected chi connectivity index (χ2v) is 5.41. The van der Waals surface area contributed by atoms with E-state index in [2.05, 4.69) is 64.8 Å². The molecule has 0 fully saturated rings. The zero-order valence-electron chi connectivity index (χ0n) is 10.0. The van der Waals surface area contributed by atoms with Crippen molar-refractivity contribution in [2.75, 3.05) is 10.7 Å². The van der Waals surface area contributed by atoms with Crippen LogP contribution in [0.1, 0.15) is 22.3 Å². The summed E-state index contributed by atoms with van der Waals surface area (Å²) in [6.07, 6.45) is 0.236. The molecule has 0 amide bonds. The van der Waals surface area contributed by atoms with Gasteiger partial charge >= 0.3 is 0 Å². The molecule has 0 aliphatic heterocycles. The van der Waals surface area contributed by atoms with Crippen LogP contribution in [0.5, 0.6) is 0 Å². The summed E-state index contributed by atoms with van der Waals surface area (Å²) in [6, 6.07) is 4.42. The predicted molar refractivity (Wildman–Crippen MR) is 76.8 cm³/mol. The number of benzene rings is 1. The van der Waals surface area contributed by atoms with Gasteiger partial charge in [-0.05, 0) is 37.5 Å². The van der Waals surface area contributed by atoms with Gasteiger partial charge in [-0.15, -0.1) is 0 Å². The van der Waals surface area contributed by atoms with Crippen molar-refractivity contribution >= 4 is 31.9 Å². The highest BCUT2D eigenvalue weighted by Gasteiger charge is 2.09. The lowest BCUT2D eigenvalue weighted by atomic mass is 10.0. The third kappa shape index (κ3) is 3.86. The molecule has 0 N–H and O–H groups in total. The number of hydrogen-bond donors (Lipinski definition) is 0. The van der Waals surface area contributed by atoms with Gasteiger partial charge in [-0.1, -0.05) is 49.6 Å². The lowest BCUT2D eigenvalue weighted by molar-refractivity contribution is 0.0727. The highest BCUT2D eigenvalue weighted by Crippen LogP contribution is 2.18. The van der Waals surface area contributed by atoms with E-state index in [1.165, 1.54) is 22.3 Å². The fourth-order valence-electron chi connectivity index (χ4n) is 1.77. The first-order valence-corrected chi connectivity index (χ1v) is 7.63. The Kier molecular flexibility index (Phi) is 6.01. The Morgan fingerprint density at radius 1 is 1.06 bits per heavy atom. The highest BCUT2D eigenvalue weighted by atomic mass is 79.9. The summed E-state index contributed by atoms with van der Waals surface area (Å²) in [5.41, 5.74) is 5.27. The molecular weight excluding hydrogens is 332 g/mol. The average Bonchev–Trinajstić information content (AvgIpc) is 2.22. The van der Waals surface area contributed by atoms with Crippen LogP contribution in [0.25, 0.3) is 0 Å². The Balaban J connectivity index is 2.74. The van der Waals surface area contributed by atoms with Crippen molar-refractivity contribution < 1.29 is 4.74 Å². The largest absolute Gasteiger partial charge is 0.372 e. The van der Waals surface area contributed by atoms with Crippen LogP contribution in [-0.2, 0) is 11.3 Å². The maximum Gasteiger partial charge on any atom is 0.0773 e. The van der Waals surface area contributed by atoms with E-state index in [1.807, 2.05) is 0 Å². The molecule has 1 aromatic rings. The SMILES string of the molecule is Cc1cc(C)c(COC(CBr)CBr)c(C)c1. The summed E-state index contributed by atoms with van der Waals surface area (Å²) in [6.45, 7) is 7.12. The van der Waals surface area contributed by atoms with Gasteiger partial charge < -0.3 is 4.74 Å². The molecule has 0 bridgehead atoms. The number of rotatable bonds is 5. The van der Waals surface area contributed by atoms with E-state index in [4.69, 9.17) is 4.74 Å². The quantitative estimate of drug-likeness (QED) is 0.720. The molecule has 0 saturated heterocycles. The van der Waals surface area contributed by atoms with Crippen LogP contribution < -0.4 is 0 Å². The van der Waals surface area contributed by atoms with Crippen LogP contribution in [0.3, 0.4) is 0 Å². The molecule has 16 heavy (non-hydrogen) atoms. The van der Waals surface area contributed by atoms with Crippen LogP contribution in [0.15, 0.2) is 12.1 Å². The Morgan fingerprint density at radius 2 is 1.56 bits per heavy atom. The first-order chi connectivity index (χ1) is 7.58. The van der Waals surface area contributed by atoms with Gasteiger partial charge in [-0.3, -0.25) is 0 Å². The van der Waals surface area contributed by atoms with E-state index in [1.54, 1.807) is 0 Å². The normalized spacial score (nSPS) is 11.1.